The Bertz CT molecular complexity index is 386. The molecule has 0 radical (unpaired) electrons. The van der Waals surface area contributed by atoms with Gasteiger partial charge >= 0.3 is 0 Å². The second kappa shape index (κ2) is 5.54. The SMILES string of the molecule is CSc1ccc(N2CCCNC(C3CC3)C2)cc1. The average Bonchev–Trinajstić information content (AvgIpc) is 3.24. The van der Waals surface area contributed by atoms with Crippen molar-refractivity contribution in [3.05, 3.63) is 24.3 Å². The highest BCUT2D eigenvalue weighted by Gasteiger charge is 2.33. The van der Waals surface area contributed by atoms with Gasteiger partial charge < -0.3 is 10.2 Å². The molecule has 1 heterocycles. The highest BCUT2D eigenvalue weighted by Crippen LogP contribution is 2.34. The third kappa shape index (κ3) is 2.83. The minimum Gasteiger partial charge on any atom is -0.370 e. The number of hydrogen-bond donors (Lipinski definition) is 1. The van der Waals surface area contributed by atoms with Crippen LogP contribution in [0, 0.1) is 5.92 Å². The molecule has 98 valence electrons. The van der Waals surface area contributed by atoms with E-state index in [1.807, 2.05) is 11.8 Å². The first-order chi connectivity index (χ1) is 8.86. The Labute approximate surface area is 114 Å². The maximum atomic E-state index is 3.72. The molecule has 1 unspecified atom stereocenters. The highest BCUT2D eigenvalue weighted by atomic mass is 32.2. The summed E-state index contributed by atoms with van der Waals surface area (Å²) in [5.41, 5.74) is 1.39. The van der Waals surface area contributed by atoms with E-state index in [1.54, 1.807) is 0 Å². The van der Waals surface area contributed by atoms with Gasteiger partial charge in [0.1, 0.15) is 0 Å². The van der Waals surface area contributed by atoms with Crippen molar-refractivity contribution in [2.75, 3.05) is 30.8 Å². The van der Waals surface area contributed by atoms with Gasteiger partial charge in [-0.1, -0.05) is 0 Å². The van der Waals surface area contributed by atoms with Gasteiger partial charge in [-0.05, 0) is 62.2 Å². The number of anilines is 1. The van der Waals surface area contributed by atoms with Crippen molar-refractivity contribution >= 4 is 17.4 Å². The van der Waals surface area contributed by atoms with E-state index in [2.05, 4.69) is 40.7 Å². The standard InChI is InChI=1S/C15H22N2S/c1-18-14-7-5-13(6-8-14)17-10-2-9-16-15(11-17)12-3-4-12/h5-8,12,15-16H,2-4,9-11H2,1H3. The van der Waals surface area contributed by atoms with E-state index in [9.17, 15) is 0 Å². The van der Waals surface area contributed by atoms with Gasteiger partial charge in [0.25, 0.3) is 0 Å². The van der Waals surface area contributed by atoms with Crippen LogP contribution in [-0.4, -0.2) is 31.9 Å². The van der Waals surface area contributed by atoms with Crippen molar-refractivity contribution in [1.82, 2.24) is 5.32 Å². The number of benzene rings is 1. The lowest BCUT2D eigenvalue weighted by molar-refractivity contribution is 0.490. The van der Waals surface area contributed by atoms with Crippen LogP contribution >= 0.6 is 11.8 Å². The van der Waals surface area contributed by atoms with E-state index < -0.39 is 0 Å². The Morgan fingerprint density at radius 1 is 1.22 bits per heavy atom. The fourth-order valence-corrected chi connectivity index (χ4v) is 3.20. The summed E-state index contributed by atoms with van der Waals surface area (Å²) in [4.78, 5) is 3.91. The number of nitrogens with zero attached hydrogens (tertiary/aromatic N) is 1. The predicted molar refractivity (Wildman–Crippen MR) is 79.6 cm³/mol. The monoisotopic (exact) mass is 262 g/mol. The average molecular weight is 262 g/mol. The van der Waals surface area contributed by atoms with Crippen molar-refractivity contribution in [3.63, 3.8) is 0 Å². The first-order valence-corrected chi connectivity index (χ1v) is 8.21. The summed E-state index contributed by atoms with van der Waals surface area (Å²) in [7, 11) is 0. The van der Waals surface area contributed by atoms with Crippen LogP contribution in [0.25, 0.3) is 0 Å². The molecule has 3 rings (SSSR count). The lowest BCUT2D eigenvalue weighted by Gasteiger charge is -2.26. The van der Waals surface area contributed by atoms with Crippen molar-refractivity contribution in [2.24, 2.45) is 5.92 Å². The number of thioether (sulfide) groups is 1. The quantitative estimate of drug-likeness (QED) is 0.843. The van der Waals surface area contributed by atoms with Gasteiger partial charge in [0, 0.05) is 29.7 Å². The summed E-state index contributed by atoms with van der Waals surface area (Å²) in [6.45, 7) is 3.55. The molecule has 3 heteroatoms. The Kier molecular flexibility index (Phi) is 3.80. The molecule has 1 aromatic carbocycles. The van der Waals surface area contributed by atoms with Crippen LogP contribution in [0.15, 0.2) is 29.2 Å². The summed E-state index contributed by atoms with van der Waals surface area (Å²) in [6.07, 6.45) is 6.25. The third-order valence-electron chi connectivity index (χ3n) is 4.06. The molecule has 1 aromatic rings. The van der Waals surface area contributed by atoms with E-state index in [4.69, 9.17) is 0 Å². The second-order valence-electron chi connectivity index (χ2n) is 5.40. The molecule has 1 saturated carbocycles. The van der Waals surface area contributed by atoms with Gasteiger partial charge in [0.2, 0.25) is 0 Å². The Hall–Kier alpha value is -0.670. The van der Waals surface area contributed by atoms with Crippen LogP contribution in [0.1, 0.15) is 19.3 Å². The van der Waals surface area contributed by atoms with E-state index in [0.717, 1.165) is 5.92 Å². The maximum absolute atomic E-state index is 3.72. The van der Waals surface area contributed by atoms with Crippen molar-refractivity contribution in [1.29, 1.82) is 0 Å². The molecule has 0 amide bonds. The topological polar surface area (TPSA) is 15.3 Å². The normalized spacial score (nSPS) is 24.9. The van der Waals surface area contributed by atoms with Gasteiger partial charge in [0.05, 0.1) is 0 Å². The molecule has 1 atom stereocenters. The lowest BCUT2D eigenvalue weighted by Crippen LogP contribution is -2.39. The zero-order valence-corrected chi connectivity index (χ0v) is 11.9. The minimum absolute atomic E-state index is 0.715. The van der Waals surface area contributed by atoms with Crippen LogP contribution in [-0.2, 0) is 0 Å². The Balaban J connectivity index is 1.71. The summed E-state index contributed by atoms with van der Waals surface area (Å²) in [5.74, 6) is 0.941. The van der Waals surface area contributed by atoms with Crippen LogP contribution in [0.2, 0.25) is 0 Å². The van der Waals surface area contributed by atoms with Crippen LogP contribution in [0.5, 0.6) is 0 Å². The highest BCUT2D eigenvalue weighted by molar-refractivity contribution is 7.98. The lowest BCUT2D eigenvalue weighted by atomic mass is 10.1. The molecule has 0 bridgehead atoms. The molecule has 1 saturated heterocycles. The first-order valence-electron chi connectivity index (χ1n) is 6.99. The molecule has 2 aliphatic rings. The van der Waals surface area contributed by atoms with E-state index in [0.29, 0.717) is 6.04 Å². The molecule has 0 aromatic heterocycles. The van der Waals surface area contributed by atoms with Crippen LogP contribution in [0.3, 0.4) is 0 Å². The predicted octanol–water partition coefficient (Wildman–Crippen LogP) is 2.99. The van der Waals surface area contributed by atoms with Gasteiger partial charge in [-0.2, -0.15) is 0 Å². The molecule has 1 aliphatic carbocycles. The Morgan fingerprint density at radius 3 is 2.67 bits per heavy atom. The minimum atomic E-state index is 0.715. The van der Waals surface area contributed by atoms with Gasteiger partial charge in [-0.3, -0.25) is 0 Å². The van der Waals surface area contributed by atoms with E-state index in [-0.39, 0.29) is 0 Å². The van der Waals surface area contributed by atoms with Gasteiger partial charge in [0.15, 0.2) is 0 Å². The number of rotatable bonds is 3. The van der Waals surface area contributed by atoms with Crippen molar-refractivity contribution in [2.45, 2.75) is 30.2 Å². The fraction of sp³-hybridized carbons (Fsp3) is 0.600. The molecular formula is C15H22N2S. The molecule has 0 spiro atoms. The summed E-state index contributed by atoms with van der Waals surface area (Å²) >= 11 is 1.81. The van der Waals surface area contributed by atoms with E-state index in [1.165, 1.54) is 49.5 Å². The van der Waals surface area contributed by atoms with Gasteiger partial charge in [-0.15, -0.1) is 11.8 Å². The van der Waals surface area contributed by atoms with Crippen LogP contribution < -0.4 is 10.2 Å². The molecule has 1 N–H and O–H groups in total. The smallest absolute Gasteiger partial charge is 0.0367 e. The second-order valence-corrected chi connectivity index (χ2v) is 6.28. The third-order valence-corrected chi connectivity index (χ3v) is 4.80. The zero-order valence-electron chi connectivity index (χ0n) is 11.1. The summed E-state index contributed by atoms with van der Waals surface area (Å²) in [5, 5.41) is 3.72. The molecule has 2 nitrogen and oxygen atoms in total. The first kappa shape index (κ1) is 12.4. The summed E-state index contributed by atoms with van der Waals surface area (Å²) < 4.78 is 0. The van der Waals surface area contributed by atoms with Gasteiger partial charge in [-0.25, -0.2) is 0 Å². The summed E-state index contributed by atoms with van der Waals surface area (Å²) in [6, 6.07) is 9.75. The van der Waals surface area contributed by atoms with E-state index >= 15 is 0 Å². The molecular weight excluding hydrogens is 240 g/mol. The Morgan fingerprint density at radius 2 is 2.00 bits per heavy atom. The van der Waals surface area contributed by atoms with Crippen molar-refractivity contribution in [3.8, 4) is 0 Å². The maximum Gasteiger partial charge on any atom is 0.0367 e. The molecule has 1 aliphatic heterocycles. The zero-order chi connectivity index (χ0) is 12.4. The number of hydrogen-bond acceptors (Lipinski definition) is 3. The van der Waals surface area contributed by atoms with Crippen molar-refractivity contribution < 1.29 is 0 Å². The van der Waals surface area contributed by atoms with Crippen LogP contribution in [0.4, 0.5) is 5.69 Å². The molecule has 2 fully saturated rings. The largest absolute Gasteiger partial charge is 0.370 e. The fourth-order valence-electron chi connectivity index (χ4n) is 2.79. The molecule has 18 heavy (non-hydrogen) atoms. The number of nitrogens with one attached hydrogen (secondary N) is 1.